The van der Waals surface area contributed by atoms with Crippen molar-refractivity contribution >= 4 is 0 Å². The third-order valence-corrected chi connectivity index (χ3v) is 2.84. The van der Waals surface area contributed by atoms with Gasteiger partial charge in [0.2, 0.25) is 0 Å². The maximum Gasteiger partial charge on any atom is 0.281 e. The smallest absolute Gasteiger partial charge is 0.281 e. The molecule has 0 spiro atoms. The topological polar surface area (TPSA) is 18.5 Å². The molecule has 1 heterocycles. The lowest BCUT2D eigenvalue weighted by Crippen LogP contribution is -1.85. The van der Waals surface area contributed by atoms with Crippen LogP contribution in [-0.2, 0) is 9.47 Å². The Morgan fingerprint density at radius 3 is 2.19 bits per heavy atom. The van der Waals surface area contributed by atoms with Gasteiger partial charge in [0.05, 0.1) is 0 Å². The zero-order chi connectivity index (χ0) is 11.6. The van der Waals surface area contributed by atoms with E-state index in [1.54, 1.807) is 6.26 Å². The van der Waals surface area contributed by atoms with E-state index in [-0.39, 0.29) is 0 Å². The molecule has 0 radical (unpaired) electrons. The summed E-state index contributed by atoms with van der Waals surface area (Å²) in [5, 5.41) is 0. The summed E-state index contributed by atoms with van der Waals surface area (Å²) in [6.45, 7) is 5.85. The van der Waals surface area contributed by atoms with Crippen LogP contribution in [-0.4, -0.2) is 0 Å². The third-order valence-electron chi connectivity index (χ3n) is 2.84. The molecule has 0 fully saturated rings. The number of hydrogen-bond acceptors (Lipinski definition) is 2. The molecule has 1 aliphatic heterocycles. The second-order valence-corrected chi connectivity index (χ2v) is 4.40. The molecule has 16 heavy (non-hydrogen) atoms. The maximum absolute atomic E-state index is 5.27. The van der Waals surface area contributed by atoms with Crippen molar-refractivity contribution in [3.63, 3.8) is 0 Å². The van der Waals surface area contributed by atoms with Gasteiger partial charge in [-0.1, -0.05) is 51.9 Å². The van der Waals surface area contributed by atoms with Crippen LogP contribution in [0.15, 0.2) is 24.5 Å². The molecule has 1 rings (SSSR count). The lowest BCUT2D eigenvalue weighted by atomic mass is 10.1. The number of unbranched alkanes of at least 4 members (excludes halogenated alkanes) is 7. The van der Waals surface area contributed by atoms with Gasteiger partial charge in [-0.3, -0.25) is 0 Å². The summed E-state index contributed by atoms with van der Waals surface area (Å²) in [7, 11) is 0. The first-order valence-electron chi connectivity index (χ1n) is 6.55. The molecule has 92 valence electrons. The van der Waals surface area contributed by atoms with Crippen molar-refractivity contribution in [1.82, 2.24) is 0 Å². The molecule has 0 aromatic carbocycles. The van der Waals surface area contributed by atoms with Gasteiger partial charge in [0.25, 0.3) is 5.95 Å². The van der Waals surface area contributed by atoms with Gasteiger partial charge in [-0.15, -0.1) is 0 Å². The lowest BCUT2D eigenvalue weighted by molar-refractivity contribution is 0.185. The number of allylic oxidation sites excluding steroid dienone is 1. The molecule has 2 nitrogen and oxygen atoms in total. The molecule has 0 saturated carbocycles. The predicted molar refractivity (Wildman–Crippen MR) is 66.6 cm³/mol. The summed E-state index contributed by atoms with van der Waals surface area (Å²) >= 11 is 0. The standard InChI is InChI=1S/C14H24O2/c1-3-4-5-6-7-8-9-10-11-14-12-15-13(2)16-14/h12H,2-11H2,1H3. The van der Waals surface area contributed by atoms with Gasteiger partial charge in [-0.25, -0.2) is 0 Å². The van der Waals surface area contributed by atoms with Gasteiger partial charge in [0, 0.05) is 6.42 Å². The van der Waals surface area contributed by atoms with Crippen LogP contribution in [0.4, 0.5) is 0 Å². The van der Waals surface area contributed by atoms with Crippen molar-refractivity contribution in [2.24, 2.45) is 0 Å². The zero-order valence-corrected chi connectivity index (χ0v) is 10.5. The first-order chi connectivity index (χ1) is 7.83. The molecule has 0 amide bonds. The van der Waals surface area contributed by atoms with Gasteiger partial charge in [-0.2, -0.15) is 0 Å². The Labute approximate surface area is 99.3 Å². The molecule has 1 aliphatic rings. The summed E-state index contributed by atoms with van der Waals surface area (Å²) in [6.07, 6.45) is 13.4. The highest BCUT2D eigenvalue weighted by molar-refractivity contribution is 4.99. The highest BCUT2D eigenvalue weighted by Crippen LogP contribution is 2.21. The Balaban J connectivity index is 1.83. The molecule has 0 aromatic rings. The van der Waals surface area contributed by atoms with Gasteiger partial charge < -0.3 is 9.47 Å². The van der Waals surface area contributed by atoms with Crippen LogP contribution in [0.3, 0.4) is 0 Å². The van der Waals surface area contributed by atoms with Crippen LogP contribution in [0.25, 0.3) is 0 Å². The molecule has 2 heteroatoms. The Kier molecular flexibility index (Phi) is 6.78. The Morgan fingerprint density at radius 2 is 1.62 bits per heavy atom. The van der Waals surface area contributed by atoms with Crippen molar-refractivity contribution in [2.45, 2.75) is 64.7 Å². The molecule has 0 aromatic heterocycles. The number of hydrogen-bond donors (Lipinski definition) is 0. The predicted octanol–water partition coefficient (Wildman–Crippen LogP) is 4.88. The fourth-order valence-corrected chi connectivity index (χ4v) is 1.87. The number of rotatable bonds is 9. The van der Waals surface area contributed by atoms with E-state index in [1.807, 2.05) is 0 Å². The highest BCUT2D eigenvalue weighted by atomic mass is 16.7. The third kappa shape index (κ3) is 5.84. The minimum absolute atomic E-state index is 0.412. The Morgan fingerprint density at radius 1 is 1.00 bits per heavy atom. The Hall–Kier alpha value is -0.920. The lowest BCUT2D eigenvalue weighted by Gasteiger charge is -2.02. The molecule has 0 aliphatic carbocycles. The maximum atomic E-state index is 5.27. The largest absolute Gasteiger partial charge is 0.431 e. The molecule has 0 atom stereocenters. The van der Waals surface area contributed by atoms with Crippen LogP contribution in [0.2, 0.25) is 0 Å². The highest BCUT2D eigenvalue weighted by Gasteiger charge is 2.09. The summed E-state index contributed by atoms with van der Waals surface area (Å²) in [5.41, 5.74) is 0. The molecular weight excluding hydrogens is 200 g/mol. The van der Waals surface area contributed by atoms with E-state index in [0.717, 1.165) is 12.2 Å². The van der Waals surface area contributed by atoms with Crippen molar-refractivity contribution in [2.75, 3.05) is 0 Å². The van der Waals surface area contributed by atoms with Crippen LogP contribution in [0, 0.1) is 0 Å². The van der Waals surface area contributed by atoms with E-state index < -0.39 is 0 Å². The molecule has 0 saturated heterocycles. The number of ether oxygens (including phenoxy) is 2. The summed E-state index contributed by atoms with van der Waals surface area (Å²) < 4.78 is 10.3. The van der Waals surface area contributed by atoms with Crippen molar-refractivity contribution in [1.29, 1.82) is 0 Å². The average Bonchev–Trinajstić information content (AvgIpc) is 2.68. The molecule has 0 N–H and O–H groups in total. The van der Waals surface area contributed by atoms with Crippen LogP contribution in [0.5, 0.6) is 0 Å². The van der Waals surface area contributed by atoms with E-state index in [0.29, 0.717) is 5.95 Å². The summed E-state index contributed by atoms with van der Waals surface area (Å²) in [6, 6.07) is 0. The first kappa shape index (κ1) is 13.1. The van der Waals surface area contributed by atoms with Crippen LogP contribution in [0.1, 0.15) is 64.7 Å². The van der Waals surface area contributed by atoms with Crippen LogP contribution >= 0.6 is 0 Å². The van der Waals surface area contributed by atoms with E-state index in [4.69, 9.17) is 9.47 Å². The van der Waals surface area contributed by atoms with Crippen molar-refractivity contribution in [3.05, 3.63) is 24.5 Å². The van der Waals surface area contributed by atoms with E-state index in [2.05, 4.69) is 13.5 Å². The van der Waals surface area contributed by atoms with Gasteiger partial charge >= 0.3 is 0 Å². The van der Waals surface area contributed by atoms with Gasteiger partial charge in [0.15, 0.2) is 0 Å². The molecule has 0 unspecified atom stereocenters. The van der Waals surface area contributed by atoms with E-state index in [1.165, 1.54) is 51.4 Å². The average molecular weight is 224 g/mol. The van der Waals surface area contributed by atoms with Crippen LogP contribution < -0.4 is 0 Å². The van der Waals surface area contributed by atoms with Crippen molar-refractivity contribution in [3.8, 4) is 0 Å². The zero-order valence-electron chi connectivity index (χ0n) is 10.5. The monoisotopic (exact) mass is 224 g/mol. The summed E-state index contributed by atoms with van der Waals surface area (Å²) in [5.74, 6) is 1.34. The van der Waals surface area contributed by atoms with E-state index >= 15 is 0 Å². The first-order valence-corrected chi connectivity index (χ1v) is 6.55. The quantitative estimate of drug-likeness (QED) is 0.520. The fourth-order valence-electron chi connectivity index (χ4n) is 1.87. The second-order valence-electron chi connectivity index (χ2n) is 4.40. The van der Waals surface area contributed by atoms with Crippen molar-refractivity contribution < 1.29 is 9.47 Å². The minimum atomic E-state index is 0.412. The second kappa shape index (κ2) is 8.26. The van der Waals surface area contributed by atoms with Gasteiger partial charge in [0.1, 0.15) is 12.0 Å². The normalized spacial score (nSPS) is 14.6. The van der Waals surface area contributed by atoms with Gasteiger partial charge in [-0.05, 0) is 13.0 Å². The van der Waals surface area contributed by atoms with E-state index in [9.17, 15) is 0 Å². The molecular formula is C14H24O2. The summed E-state index contributed by atoms with van der Waals surface area (Å²) in [4.78, 5) is 0. The fraction of sp³-hybridized carbons (Fsp3) is 0.714. The molecule has 0 bridgehead atoms. The SMILES string of the molecule is C=C1OC=C(CCCCCCCCCC)O1. The Bertz CT molecular complexity index is 231. The minimum Gasteiger partial charge on any atom is -0.431 e.